The van der Waals surface area contributed by atoms with Crippen molar-refractivity contribution in [3.63, 3.8) is 0 Å². The highest BCUT2D eigenvalue weighted by Crippen LogP contribution is 2.25. The molecule has 9 heteroatoms. The van der Waals surface area contributed by atoms with E-state index in [2.05, 4.69) is 26.7 Å². The number of carbonyl (C=O) groups is 2. The van der Waals surface area contributed by atoms with Crippen molar-refractivity contribution < 1.29 is 14.3 Å². The Kier molecular flexibility index (Phi) is 7.42. The zero-order valence-corrected chi connectivity index (χ0v) is 20.4. The third kappa shape index (κ3) is 5.53. The van der Waals surface area contributed by atoms with Crippen LogP contribution in [-0.2, 0) is 16.0 Å². The van der Waals surface area contributed by atoms with Crippen molar-refractivity contribution in [3.8, 4) is 0 Å². The average molecular weight is 480 g/mol. The van der Waals surface area contributed by atoms with E-state index in [0.717, 1.165) is 39.8 Å². The van der Waals surface area contributed by atoms with Gasteiger partial charge in [-0.2, -0.15) is 4.90 Å². The van der Waals surface area contributed by atoms with Crippen LogP contribution in [0, 0.1) is 5.92 Å². The van der Waals surface area contributed by atoms with Crippen molar-refractivity contribution >= 4 is 50.3 Å². The highest BCUT2D eigenvalue weighted by atomic mass is 32.1. The summed E-state index contributed by atoms with van der Waals surface area (Å²) in [4.78, 5) is 35.2. The Bertz CT molecular complexity index is 1160. The van der Waals surface area contributed by atoms with Crippen LogP contribution in [0.15, 0.2) is 53.5 Å². The number of aliphatic imine (C=N–C) groups is 1. The molecule has 3 aromatic rings. The van der Waals surface area contributed by atoms with Crippen LogP contribution in [0.4, 0.5) is 15.6 Å². The lowest BCUT2D eigenvalue weighted by Crippen LogP contribution is -2.43. The molecule has 0 radical (unpaired) electrons. The number of para-hydroxylation sites is 1. The average Bonchev–Trinajstić information content (AvgIpc) is 3.35. The molecule has 2 amide bonds. The fourth-order valence-electron chi connectivity index (χ4n) is 3.71. The smallest absolute Gasteiger partial charge is 0.423 e. The molecule has 34 heavy (non-hydrogen) atoms. The number of nitrogens with one attached hydrogen (secondary N) is 2. The Labute approximate surface area is 203 Å². The first-order valence-corrected chi connectivity index (χ1v) is 12.3. The molecule has 4 rings (SSSR count). The number of hydrogen-bond donors (Lipinski definition) is 2. The van der Waals surface area contributed by atoms with Gasteiger partial charge < -0.3 is 15.4 Å². The third-order valence-corrected chi connectivity index (χ3v) is 6.33. The van der Waals surface area contributed by atoms with Gasteiger partial charge in [-0.05, 0) is 55.5 Å². The predicted octanol–water partition coefficient (Wildman–Crippen LogP) is 5.13. The van der Waals surface area contributed by atoms with E-state index in [4.69, 9.17) is 4.74 Å². The van der Waals surface area contributed by atoms with E-state index in [1.165, 1.54) is 4.70 Å². The molecule has 1 aliphatic rings. The second kappa shape index (κ2) is 10.6. The van der Waals surface area contributed by atoms with Crippen LogP contribution >= 0.6 is 11.3 Å². The van der Waals surface area contributed by atoms with Crippen LogP contribution in [-0.4, -0.2) is 47.0 Å². The summed E-state index contributed by atoms with van der Waals surface area (Å²) in [6, 6.07) is 15.4. The minimum absolute atomic E-state index is 0.185. The number of benzene rings is 2. The van der Waals surface area contributed by atoms with Crippen molar-refractivity contribution in [1.29, 1.82) is 0 Å². The van der Waals surface area contributed by atoms with Gasteiger partial charge in [0, 0.05) is 12.2 Å². The van der Waals surface area contributed by atoms with Gasteiger partial charge in [-0.3, -0.25) is 4.79 Å². The Morgan fingerprint density at radius 1 is 1.18 bits per heavy atom. The number of amides is 2. The van der Waals surface area contributed by atoms with Gasteiger partial charge in [-0.25, -0.2) is 14.8 Å². The van der Waals surface area contributed by atoms with Gasteiger partial charge in [0.1, 0.15) is 6.04 Å². The van der Waals surface area contributed by atoms with Gasteiger partial charge in [0.25, 0.3) is 5.91 Å². The number of thiazole rings is 1. The Morgan fingerprint density at radius 3 is 2.65 bits per heavy atom. The normalized spacial score (nSPS) is 15.6. The van der Waals surface area contributed by atoms with E-state index in [1.54, 1.807) is 18.3 Å². The van der Waals surface area contributed by atoms with Gasteiger partial charge in [-0.1, -0.05) is 49.4 Å². The Morgan fingerprint density at radius 2 is 1.94 bits per heavy atom. The number of imide groups is 1. The van der Waals surface area contributed by atoms with Gasteiger partial charge >= 0.3 is 6.09 Å². The summed E-state index contributed by atoms with van der Waals surface area (Å²) < 4.78 is 6.24. The van der Waals surface area contributed by atoms with Gasteiger partial charge in [0.05, 0.1) is 16.8 Å². The maximum absolute atomic E-state index is 12.8. The van der Waals surface area contributed by atoms with Crippen LogP contribution in [0.3, 0.4) is 0 Å². The minimum Gasteiger partial charge on any atom is -0.449 e. The maximum Gasteiger partial charge on any atom is 0.423 e. The standard InChI is InChI=1S/C25H29N5O3S/c1-4-33-25(32)30-22(31)20(15-16(2)3)28-23(30)27-18-11-9-17(10-12-18)13-14-26-24-29-19-7-5-6-8-21(19)34-24/h5-12,16,20H,4,13-15H2,1-3H3,(H,26,29)(H,27,28)/t20-/m0/s1. The number of ether oxygens (including phenoxy) is 1. The molecule has 0 fully saturated rings. The van der Waals surface area contributed by atoms with Gasteiger partial charge in [0.15, 0.2) is 5.13 Å². The first kappa shape index (κ1) is 23.7. The molecule has 2 N–H and O–H groups in total. The number of carbonyl (C=O) groups excluding carboxylic acids is 2. The van der Waals surface area contributed by atoms with Crippen LogP contribution in [0.1, 0.15) is 32.8 Å². The molecular formula is C25H29N5O3S. The predicted molar refractivity (Wildman–Crippen MR) is 136 cm³/mol. The third-order valence-electron chi connectivity index (χ3n) is 5.33. The van der Waals surface area contributed by atoms with E-state index in [-0.39, 0.29) is 24.4 Å². The number of guanidine groups is 1. The van der Waals surface area contributed by atoms with E-state index < -0.39 is 12.1 Å². The zero-order chi connectivity index (χ0) is 24.1. The largest absolute Gasteiger partial charge is 0.449 e. The molecule has 2 heterocycles. The lowest BCUT2D eigenvalue weighted by Gasteiger charge is -2.17. The molecule has 0 saturated carbocycles. The van der Waals surface area contributed by atoms with Crippen molar-refractivity contribution in [2.75, 3.05) is 23.8 Å². The maximum atomic E-state index is 12.8. The summed E-state index contributed by atoms with van der Waals surface area (Å²) in [5.41, 5.74) is 2.91. The molecule has 0 saturated heterocycles. The van der Waals surface area contributed by atoms with Crippen LogP contribution < -0.4 is 10.6 Å². The Hall–Kier alpha value is -3.46. The molecule has 8 nitrogen and oxygen atoms in total. The van der Waals surface area contributed by atoms with Crippen LogP contribution in [0.5, 0.6) is 0 Å². The number of anilines is 2. The molecule has 1 aromatic heterocycles. The molecular weight excluding hydrogens is 450 g/mol. The lowest BCUT2D eigenvalue weighted by molar-refractivity contribution is -0.126. The molecule has 178 valence electrons. The second-order valence-corrected chi connectivity index (χ2v) is 9.49. The molecule has 0 bridgehead atoms. The zero-order valence-electron chi connectivity index (χ0n) is 19.6. The minimum atomic E-state index is -0.706. The molecule has 0 aliphatic carbocycles. The fraction of sp³-hybridized carbons (Fsp3) is 0.360. The first-order valence-electron chi connectivity index (χ1n) is 11.5. The fourth-order valence-corrected chi connectivity index (χ4v) is 4.60. The monoisotopic (exact) mass is 479 g/mol. The summed E-state index contributed by atoms with van der Waals surface area (Å²) in [5, 5.41) is 7.42. The SMILES string of the molecule is CCOC(=O)N1C(=O)[C@H](CC(C)C)N=C1Nc1ccc(CCNc2nc3ccccc3s2)cc1. The summed E-state index contributed by atoms with van der Waals surface area (Å²) in [6.07, 6.45) is 0.698. The Balaban J connectivity index is 1.37. The summed E-state index contributed by atoms with van der Waals surface area (Å²) in [5.74, 6) is 0.128. The van der Waals surface area contributed by atoms with Crippen molar-refractivity contribution in [1.82, 2.24) is 9.88 Å². The number of fused-ring (bicyclic) bond motifs is 1. The molecule has 2 aromatic carbocycles. The summed E-state index contributed by atoms with van der Waals surface area (Å²) in [6.45, 7) is 6.70. The number of aromatic nitrogens is 1. The van der Waals surface area contributed by atoms with Gasteiger partial charge in [0.2, 0.25) is 5.96 Å². The second-order valence-electron chi connectivity index (χ2n) is 8.46. The highest BCUT2D eigenvalue weighted by Gasteiger charge is 2.40. The van der Waals surface area contributed by atoms with E-state index >= 15 is 0 Å². The quantitative estimate of drug-likeness (QED) is 0.465. The van der Waals surface area contributed by atoms with Crippen molar-refractivity contribution in [3.05, 3.63) is 54.1 Å². The molecule has 1 aliphatic heterocycles. The summed E-state index contributed by atoms with van der Waals surface area (Å²) in [7, 11) is 0. The molecule has 0 spiro atoms. The van der Waals surface area contributed by atoms with Crippen molar-refractivity contribution in [2.45, 2.75) is 39.7 Å². The van der Waals surface area contributed by atoms with E-state index in [0.29, 0.717) is 6.42 Å². The molecule has 0 unspecified atom stereocenters. The topological polar surface area (TPSA) is 95.9 Å². The first-order chi connectivity index (χ1) is 16.4. The van der Waals surface area contributed by atoms with E-state index in [9.17, 15) is 9.59 Å². The van der Waals surface area contributed by atoms with Crippen LogP contribution in [0.25, 0.3) is 10.2 Å². The summed E-state index contributed by atoms with van der Waals surface area (Å²) >= 11 is 1.65. The number of hydrogen-bond acceptors (Lipinski definition) is 8. The molecule has 1 atom stereocenters. The highest BCUT2D eigenvalue weighted by molar-refractivity contribution is 7.22. The van der Waals surface area contributed by atoms with E-state index in [1.807, 2.05) is 56.3 Å². The van der Waals surface area contributed by atoms with Gasteiger partial charge in [-0.15, -0.1) is 0 Å². The lowest BCUT2D eigenvalue weighted by atomic mass is 10.0. The number of nitrogens with zero attached hydrogens (tertiary/aromatic N) is 3. The van der Waals surface area contributed by atoms with Crippen LogP contribution in [0.2, 0.25) is 0 Å². The number of rotatable bonds is 8. The van der Waals surface area contributed by atoms with Crippen molar-refractivity contribution in [2.24, 2.45) is 10.9 Å².